The highest BCUT2D eigenvalue weighted by molar-refractivity contribution is 7.19. The molecule has 3 aromatic rings. The number of anilines is 1. The van der Waals surface area contributed by atoms with E-state index in [-0.39, 0.29) is 0 Å². The molecule has 0 saturated heterocycles. The van der Waals surface area contributed by atoms with Crippen LogP contribution in [0.1, 0.15) is 49.6 Å². The molecule has 31 heavy (non-hydrogen) atoms. The zero-order valence-electron chi connectivity index (χ0n) is 18.9. The molecule has 0 aliphatic heterocycles. The van der Waals surface area contributed by atoms with Crippen molar-refractivity contribution in [1.82, 2.24) is 9.97 Å². The van der Waals surface area contributed by atoms with Crippen LogP contribution in [0.2, 0.25) is 0 Å². The van der Waals surface area contributed by atoms with Gasteiger partial charge in [0, 0.05) is 10.4 Å². The summed E-state index contributed by atoms with van der Waals surface area (Å²) in [5.41, 5.74) is 5.72. The lowest BCUT2D eigenvalue weighted by Gasteiger charge is -2.36. The molecule has 0 bridgehead atoms. The van der Waals surface area contributed by atoms with Crippen molar-refractivity contribution in [2.24, 2.45) is 16.4 Å². The fourth-order valence-electron chi connectivity index (χ4n) is 4.25. The first-order chi connectivity index (χ1) is 15.0. The lowest BCUT2D eigenvalue weighted by Crippen LogP contribution is -2.28. The highest BCUT2D eigenvalue weighted by atomic mass is 32.1. The molecule has 164 valence electrons. The third kappa shape index (κ3) is 4.24. The van der Waals surface area contributed by atoms with E-state index in [2.05, 4.69) is 41.3 Å². The molecule has 2 heterocycles. The predicted molar refractivity (Wildman–Crippen MR) is 128 cm³/mol. The number of nitrogens with one attached hydrogen (secondary N) is 1. The van der Waals surface area contributed by atoms with E-state index in [0.29, 0.717) is 11.3 Å². The van der Waals surface area contributed by atoms with Gasteiger partial charge in [0.15, 0.2) is 5.82 Å². The molecule has 1 aromatic carbocycles. The molecule has 0 saturated carbocycles. The van der Waals surface area contributed by atoms with Crippen LogP contribution in [0.5, 0.6) is 11.5 Å². The van der Waals surface area contributed by atoms with Gasteiger partial charge in [0.25, 0.3) is 0 Å². The van der Waals surface area contributed by atoms with Crippen molar-refractivity contribution in [3.05, 3.63) is 40.5 Å². The van der Waals surface area contributed by atoms with Gasteiger partial charge in [-0.3, -0.25) is 5.43 Å². The summed E-state index contributed by atoms with van der Waals surface area (Å²) < 4.78 is 10.8. The number of benzene rings is 1. The summed E-state index contributed by atoms with van der Waals surface area (Å²) >= 11 is 1.80. The molecular formula is C24H30N4O2S. The average Bonchev–Trinajstić information content (AvgIpc) is 3.17. The first-order valence-electron chi connectivity index (χ1n) is 10.7. The van der Waals surface area contributed by atoms with E-state index in [0.717, 1.165) is 45.9 Å². The molecule has 1 aliphatic carbocycles. The van der Waals surface area contributed by atoms with Gasteiger partial charge >= 0.3 is 0 Å². The van der Waals surface area contributed by atoms with Gasteiger partial charge in [-0.15, -0.1) is 11.3 Å². The molecule has 1 atom stereocenters. The van der Waals surface area contributed by atoms with Gasteiger partial charge < -0.3 is 9.47 Å². The maximum Gasteiger partial charge on any atom is 0.158 e. The third-order valence-corrected chi connectivity index (χ3v) is 7.87. The second-order valence-electron chi connectivity index (χ2n) is 8.67. The molecule has 0 amide bonds. The van der Waals surface area contributed by atoms with Crippen molar-refractivity contribution in [2.75, 3.05) is 19.6 Å². The van der Waals surface area contributed by atoms with E-state index in [9.17, 15) is 0 Å². The quantitative estimate of drug-likeness (QED) is 0.379. The van der Waals surface area contributed by atoms with Crippen LogP contribution >= 0.6 is 11.3 Å². The molecule has 0 unspecified atom stereocenters. The molecule has 2 aromatic heterocycles. The van der Waals surface area contributed by atoms with Crippen LogP contribution in [0.4, 0.5) is 5.82 Å². The standard InChI is InChI=1S/C24H30N4O2S/c1-6-24(2,3)16-7-10-20-18(12-16)21-22(25-14-26-23(21)31-20)28-27-13-15-11-17(29-4)8-9-19(15)30-5/h8-9,11,13-14,16H,6-7,10,12H2,1-5H3,(H,25,26,28)/b27-13-/t16-/m1/s1. The molecule has 7 heteroatoms. The van der Waals surface area contributed by atoms with Crippen LogP contribution in [0.25, 0.3) is 10.2 Å². The number of aryl methyl sites for hydroxylation is 1. The van der Waals surface area contributed by atoms with E-state index in [4.69, 9.17) is 9.47 Å². The third-order valence-electron chi connectivity index (χ3n) is 6.67. The number of hydrazone groups is 1. The molecule has 0 fully saturated rings. The Labute approximate surface area is 187 Å². The van der Waals surface area contributed by atoms with Crippen molar-refractivity contribution >= 4 is 33.6 Å². The molecule has 4 rings (SSSR count). The van der Waals surface area contributed by atoms with Crippen LogP contribution in [-0.2, 0) is 12.8 Å². The van der Waals surface area contributed by atoms with Gasteiger partial charge in [0.05, 0.1) is 25.8 Å². The van der Waals surface area contributed by atoms with Crippen molar-refractivity contribution in [3.8, 4) is 11.5 Å². The van der Waals surface area contributed by atoms with Crippen molar-refractivity contribution < 1.29 is 9.47 Å². The fraction of sp³-hybridized carbons (Fsp3) is 0.458. The second kappa shape index (κ2) is 8.83. The molecule has 0 spiro atoms. The molecular weight excluding hydrogens is 408 g/mol. The van der Waals surface area contributed by atoms with Gasteiger partial charge in [0.1, 0.15) is 22.7 Å². The van der Waals surface area contributed by atoms with E-state index in [1.807, 2.05) is 18.2 Å². The van der Waals surface area contributed by atoms with Gasteiger partial charge in [-0.05, 0) is 54.4 Å². The Morgan fingerprint density at radius 1 is 1.26 bits per heavy atom. The number of thiophene rings is 1. The Hall–Kier alpha value is -2.67. The first kappa shape index (κ1) is 21.6. The molecule has 1 aliphatic rings. The number of ether oxygens (including phenoxy) is 2. The smallest absolute Gasteiger partial charge is 0.158 e. The number of aromatic nitrogens is 2. The summed E-state index contributed by atoms with van der Waals surface area (Å²) in [6.45, 7) is 7.07. The summed E-state index contributed by atoms with van der Waals surface area (Å²) in [5, 5.41) is 5.58. The van der Waals surface area contributed by atoms with Gasteiger partial charge in [-0.1, -0.05) is 27.2 Å². The van der Waals surface area contributed by atoms with Gasteiger partial charge in [-0.25, -0.2) is 9.97 Å². The van der Waals surface area contributed by atoms with Crippen LogP contribution in [0.3, 0.4) is 0 Å². The number of methoxy groups -OCH3 is 2. The van der Waals surface area contributed by atoms with E-state index in [1.54, 1.807) is 38.1 Å². The van der Waals surface area contributed by atoms with Gasteiger partial charge in [0.2, 0.25) is 0 Å². The minimum atomic E-state index is 0.330. The van der Waals surface area contributed by atoms with E-state index in [1.165, 1.54) is 23.3 Å². The minimum absolute atomic E-state index is 0.330. The largest absolute Gasteiger partial charge is 0.497 e. The number of rotatable bonds is 7. The average molecular weight is 439 g/mol. The summed E-state index contributed by atoms with van der Waals surface area (Å²) in [6.07, 6.45) is 7.96. The monoisotopic (exact) mass is 438 g/mol. The fourth-order valence-corrected chi connectivity index (χ4v) is 5.44. The van der Waals surface area contributed by atoms with Gasteiger partial charge in [-0.2, -0.15) is 5.10 Å². The lowest BCUT2D eigenvalue weighted by atomic mass is 9.69. The molecule has 6 nitrogen and oxygen atoms in total. The summed E-state index contributed by atoms with van der Waals surface area (Å²) in [4.78, 5) is 11.5. The maximum absolute atomic E-state index is 5.44. The SMILES string of the molecule is CCC(C)(C)[C@@H]1CCc2sc3ncnc(N/N=C\c4cc(OC)ccc4OC)c3c2C1. The highest BCUT2D eigenvalue weighted by Gasteiger charge is 2.33. The number of hydrogen-bond acceptors (Lipinski definition) is 7. The number of nitrogens with zero attached hydrogens (tertiary/aromatic N) is 3. The van der Waals surface area contributed by atoms with Crippen molar-refractivity contribution in [1.29, 1.82) is 0 Å². The summed E-state index contributed by atoms with van der Waals surface area (Å²) in [7, 11) is 3.29. The molecule has 1 N–H and O–H groups in total. The Morgan fingerprint density at radius 2 is 2.10 bits per heavy atom. The van der Waals surface area contributed by atoms with Crippen LogP contribution in [-0.4, -0.2) is 30.4 Å². The minimum Gasteiger partial charge on any atom is -0.497 e. The lowest BCUT2D eigenvalue weighted by molar-refractivity contribution is 0.184. The topological polar surface area (TPSA) is 68.6 Å². The second-order valence-corrected chi connectivity index (χ2v) is 9.75. The Morgan fingerprint density at radius 3 is 2.84 bits per heavy atom. The number of fused-ring (bicyclic) bond motifs is 3. The summed E-state index contributed by atoms with van der Waals surface area (Å²) in [5.74, 6) is 2.91. The number of hydrogen-bond donors (Lipinski definition) is 1. The zero-order chi connectivity index (χ0) is 22.0. The zero-order valence-corrected chi connectivity index (χ0v) is 19.7. The molecule has 0 radical (unpaired) electrons. The van der Waals surface area contributed by atoms with Crippen molar-refractivity contribution in [3.63, 3.8) is 0 Å². The maximum atomic E-state index is 5.44. The summed E-state index contributed by atoms with van der Waals surface area (Å²) in [6, 6.07) is 5.63. The van der Waals surface area contributed by atoms with Crippen molar-refractivity contribution in [2.45, 2.75) is 46.5 Å². The normalized spacial score (nSPS) is 16.5. The Kier molecular flexibility index (Phi) is 6.14. The van der Waals surface area contributed by atoms with Crippen LogP contribution in [0.15, 0.2) is 29.6 Å². The van der Waals surface area contributed by atoms with E-state index >= 15 is 0 Å². The Bertz CT molecular complexity index is 1110. The van der Waals surface area contributed by atoms with Crippen LogP contribution in [0, 0.1) is 11.3 Å². The highest BCUT2D eigenvalue weighted by Crippen LogP contribution is 2.45. The van der Waals surface area contributed by atoms with E-state index < -0.39 is 0 Å². The van der Waals surface area contributed by atoms with Crippen LogP contribution < -0.4 is 14.9 Å². The predicted octanol–water partition coefficient (Wildman–Crippen LogP) is 5.70. The Balaban J connectivity index is 1.64. The first-order valence-corrected chi connectivity index (χ1v) is 11.5.